The van der Waals surface area contributed by atoms with Crippen molar-refractivity contribution in [3.05, 3.63) is 0 Å². The third-order valence-electron chi connectivity index (χ3n) is 1.18. The van der Waals surface area contributed by atoms with Gasteiger partial charge in [-0.1, -0.05) is 0 Å². The summed E-state index contributed by atoms with van der Waals surface area (Å²) in [5, 5.41) is 2.52. The van der Waals surface area contributed by atoms with Gasteiger partial charge in [-0.2, -0.15) is 0 Å². The lowest BCUT2D eigenvalue weighted by molar-refractivity contribution is -0.120. The largest absolute Gasteiger partial charge is 0.388 e. The number of aliphatic imine (C=N–C) groups is 1. The number of rotatable bonds is 3. The number of nitrogens with one attached hydrogen (secondary N) is 1. The lowest BCUT2D eigenvalue weighted by atomic mass is 10.2. The van der Waals surface area contributed by atoms with Crippen molar-refractivity contribution >= 4 is 11.7 Å². The monoisotopic (exact) mass is 157 g/mol. The van der Waals surface area contributed by atoms with Gasteiger partial charge in [0.25, 0.3) is 0 Å². The molecule has 0 aliphatic carbocycles. The van der Waals surface area contributed by atoms with Crippen LogP contribution in [-0.4, -0.2) is 24.8 Å². The third-order valence-corrected chi connectivity index (χ3v) is 1.18. The minimum atomic E-state index is -0.0278. The summed E-state index contributed by atoms with van der Waals surface area (Å²) in [7, 11) is 1.61. The summed E-state index contributed by atoms with van der Waals surface area (Å²) in [4.78, 5) is 14.8. The first-order valence-corrected chi connectivity index (χ1v) is 3.56. The summed E-state index contributed by atoms with van der Waals surface area (Å²) in [5.41, 5.74) is 5.33. The van der Waals surface area contributed by atoms with Crippen molar-refractivity contribution in [2.45, 2.75) is 26.3 Å². The minimum Gasteiger partial charge on any atom is -0.388 e. The van der Waals surface area contributed by atoms with E-state index in [1.165, 1.54) is 0 Å². The van der Waals surface area contributed by atoms with Crippen LogP contribution in [0.3, 0.4) is 0 Å². The van der Waals surface area contributed by atoms with E-state index >= 15 is 0 Å². The Bertz CT molecular complexity index is 161. The van der Waals surface area contributed by atoms with Gasteiger partial charge in [-0.15, -0.1) is 0 Å². The molecule has 0 bridgehead atoms. The van der Waals surface area contributed by atoms with E-state index in [1.807, 2.05) is 6.92 Å². The summed E-state index contributed by atoms with van der Waals surface area (Å²) in [5.74, 6) is 0.504. The second-order valence-electron chi connectivity index (χ2n) is 2.50. The SMILES string of the molecule is CNC(=O)CC(C)N=C(C)N. The highest BCUT2D eigenvalue weighted by molar-refractivity contribution is 5.79. The zero-order valence-electron chi connectivity index (χ0n) is 7.22. The number of nitrogens with zero attached hydrogens (tertiary/aromatic N) is 1. The first-order chi connectivity index (χ1) is 5.06. The fraction of sp³-hybridized carbons (Fsp3) is 0.714. The van der Waals surface area contributed by atoms with Crippen LogP contribution >= 0.6 is 0 Å². The Morgan fingerprint density at radius 2 is 2.27 bits per heavy atom. The smallest absolute Gasteiger partial charge is 0.221 e. The Balaban J connectivity index is 3.78. The van der Waals surface area contributed by atoms with Crippen LogP contribution < -0.4 is 11.1 Å². The van der Waals surface area contributed by atoms with Crippen molar-refractivity contribution in [1.82, 2.24) is 5.32 Å². The topological polar surface area (TPSA) is 67.5 Å². The highest BCUT2D eigenvalue weighted by Crippen LogP contribution is 1.95. The van der Waals surface area contributed by atoms with Crippen LogP contribution in [0.25, 0.3) is 0 Å². The average molecular weight is 157 g/mol. The molecular weight excluding hydrogens is 142 g/mol. The molecule has 0 aliphatic heterocycles. The molecule has 0 rings (SSSR count). The van der Waals surface area contributed by atoms with Crippen LogP contribution in [0.1, 0.15) is 20.3 Å². The quantitative estimate of drug-likeness (QED) is 0.443. The van der Waals surface area contributed by atoms with Gasteiger partial charge < -0.3 is 11.1 Å². The molecule has 11 heavy (non-hydrogen) atoms. The molecular formula is C7H15N3O. The van der Waals surface area contributed by atoms with Crippen LogP contribution in [-0.2, 0) is 4.79 Å². The number of nitrogens with two attached hydrogens (primary N) is 1. The molecule has 0 fully saturated rings. The van der Waals surface area contributed by atoms with Crippen molar-refractivity contribution < 1.29 is 4.79 Å². The Morgan fingerprint density at radius 3 is 2.64 bits per heavy atom. The van der Waals surface area contributed by atoms with Gasteiger partial charge in [0.15, 0.2) is 0 Å². The first-order valence-electron chi connectivity index (χ1n) is 3.56. The van der Waals surface area contributed by atoms with Crippen molar-refractivity contribution in [2.75, 3.05) is 7.05 Å². The summed E-state index contributed by atoms with van der Waals surface area (Å²) in [6, 6.07) is -0.0278. The van der Waals surface area contributed by atoms with Crippen LogP contribution in [0.4, 0.5) is 0 Å². The van der Waals surface area contributed by atoms with Gasteiger partial charge in [0.1, 0.15) is 0 Å². The van der Waals surface area contributed by atoms with E-state index in [9.17, 15) is 4.79 Å². The standard InChI is InChI=1S/C7H15N3O/c1-5(10-6(2)8)4-7(11)9-3/h5H,4H2,1-3H3,(H2,8,10)(H,9,11). The summed E-state index contributed by atoms with van der Waals surface area (Å²) < 4.78 is 0. The average Bonchev–Trinajstić information content (AvgIpc) is 1.85. The Hall–Kier alpha value is -1.06. The fourth-order valence-corrected chi connectivity index (χ4v) is 0.764. The van der Waals surface area contributed by atoms with E-state index in [4.69, 9.17) is 5.73 Å². The molecule has 0 aromatic heterocycles. The molecule has 0 aromatic carbocycles. The van der Waals surface area contributed by atoms with Gasteiger partial charge in [0.2, 0.25) is 5.91 Å². The first kappa shape index (κ1) is 9.94. The summed E-state index contributed by atoms with van der Waals surface area (Å²) in [6.07, 6.45) is 0.394. The fourth-order valence-electron chi connectivity index (χ4n) is 0.764. The molecule has 0 spiro atoms. The molecule has 0 aromatic rings. The van der Waals surface area contributed by atoms with Crippen LogP contribution in [0.2, 0.25) is 0 Å². The summed E-state index contributed by atoms with van der Waals surface area (Å²) in [6.45, 7) is 3.56. The number of hydrogen-bond acceptors (Lipinski definition) is 2. The molecule has 1 amide bonds. The summed E-state index contributed by atoms with van der Waals surface area (Å²) >= 11 is 0. The molecule has 4 heteroatoms. The highest BCUT2D eigenvalue weighted by Gasteiger charge is 2.04. The van der Waals surface area contributed by atoms with Gasteiger partial charge in [0.05, 0.1) is 11.9 Å². The highest BCUT2D eigenvalue weighted by atomic mass is 16.1. The van der Waals surface area contributed by atoms with Crippen LogP contribution in [0.15, 0.2) is 4.99 Å². The molecule has 0 radical (unpaired) electrons. The van der Waals surface area contributed by atoms with Crippen LogP contribution in [0, 0.1) is 0 Å². The molecule has 0 saturated heterocycles. The molecule has 4 nitrogen and oxygen atoms in total. The second kappa shape index (κ2) is 4.71. The van der Waals surface area contributed by atoms with Crippen molar-refractivity contribution in [3.8, 4) is 0 Å². The predicted octanol–water partition coefficient (Wildman–Crippen LogP) is -0.112. The lowest BCUT2D eigenvalue weighted by Crippen LogP contribution is -2.22. The van der Waals surface area contributed by atoms with E-state index in [0.717, 1.165) is 0 Å². The van der Waals surface area contributed by atoms with E-state index < -0.39 is 0 Å². The van der Waals surface area contributed by atoms with E-state index in [-0.39, 0.29) is 11.9 Å². The van der Waals surface area contributed by atoms with Crippen molar-refractivity contribution in [1.29, 1.82) is 0 Å². The van der Waals surface area contributed by atoms with Gasteiger partial charge in [-0.05, 0) is 13.8 Å². The van der Waals surface area contributed by atoms with E-state index in [2.05, 4.69) is 10.3 Å². The maximum absolute atomic E-state index is 10.8. The van der Waals surface area contributed by atoms with Crippen LogP contribution in [0.5, 0.6) is 0 Å². The normalized spacial score (nSPS) is 14.3. The number of carbonyl (C=O) groups is 1. The molecule has 0 saturated carbocycles. The number of amides is 1. The van der Waals surface area contributed by atoms with Gasteiger partial charge in [-0.3, -0.25) is 9.79 Å². The number of carbonyl (C=O) groups excluding carboxylic acids is 1. The maximum Gasteiger partial charge on any atom is 0.221 e. The molecule has 1 atom stereocenters. The molecule has 1 unspecified atom stereocenters. The van der Waals surface area contributed by atoms with Gasteiger partial charge >= 0.3 is 0 Å². The van der Waals surface area contributed by atoms with Gasteiger partial charge in [-0.25, -0.2) is 0 Å². The maximum atomic E-state index is 10.8. The lowest BCUT2D eigenvalue weighted by Gasteiger charge is -2.04. The molecule has 3 N–H and O–H groups in total. The van der Waals surface area contributed by atoms with E-state index in [0.29, 0.717) is 12.3 Å². The molecule has 0 heterocycles. The Labute approximate surface area is 66.9 Å². The second-order valence-corrected chi connectivity index (χ2v) is 2.50. The van der Waals surface area contributed by atoms with Crippen molar-refractivity contribution in [3.63, 3.8) is 0 Å². The Morgan fingerprint density at radius 1 is 1.73 bits per heavy atom. The minimum absolute atomic E-state index is 0.0116. The van der Waals surface area contributed by atoms with E-state index in [1.54, 1.807) is 14.0 Å². The zero-order chi connectivity index (χ0) is 8.85. The Kier molecular flexibility index (Phi) is 4.26. The molecule has 64 valence electrons. The molecule has 0 aliphatic rings. The zero-order valence-corrected chi connectivity index (χ0v) is 7.22. The number of amidine groups is 1. The van der Waals surface area contributed by atoms with Gasteiger partial charge in [0, 0.05) is 13.5 Å². The number of hydrogen-bond donors (Lipinski definition) is 2. The third kappa shape index (κ3) is 5.39. The van der Waals surface area contributed by atoms with Crippen molar-refractivity contribution in [2.24, 2.45) is 10.7 Å². The predicted molar refractivity (Wildman–Crippen MR) is 45.4 cm³/mol.